The molecule has 0 spiro atoms. The normalized spacial score (nSPS) is 10.2. The highest BCUT2D eigenvalue weighted by Gasteiger charge is 2.08. The van der Waals surface area contributed by atoms with E-state index >= 15 is 0 Å². The zero-order valence-corrected chi connectivity index (χ0v) is 11.0. The maximum absolute atomic E-state index is 5.99. The van der Waals surface area contributed by atoms with Crippen LogP contribution in [0.5, 0.6) is 5.75 Å². The van der Waals surface area contributed by atoms with Gasteiger partial charge in [-0.05, 0) is 42.8 Å². The third-order valence-electron chi connectivity index (χ3n) is 3.06. The Hall–Kier alpha value is -2.16. The van der Waals surface area contributed by atoms with E-state index in [-0.39, 0.29) is 0 Å². The molecule has 0 heterocycles. The van der Waals surface area contributed by atoms with Gasteiger partial charge in [0.1, 0.15) is 5.75 Å². The minimum atomic E-state index is 0.772. The molecule has 3 nitrogen and oxygen atoms in total. The van der Waals surface area contributed by atoms with Crippen LogP contribution in [0.4, 0.5) is 17.1 Å². The SMILES string of the molecule is COc1ccc(N(C)c2ccccc2N)cc1C. The fourth-order valence-electron chi connectivity index (χ4n) is 2.00. The summed E-state index contributed by atoms with van der Waals surface area (Å²) in [5.41, 5.74) is 9.96. The van der Waals surface area contributed by atoms with Crippen molar-refractivity contribution in [2.75, 3.05) is 24.8 Å². The summed E-state index contributed by atoms with van der Waals surface area (Å²) in [7, 11) is 3.69. The van der Waals surface area contributed by atoms with Gasteiger partial charge in [-0.3, -0.25) is 0 Å². The topological polar surface area (TPSA) is 38.5 Å². The predicted octanol–water partition coefficient (Wildman–Crippen LogP) is 3.35. The molecule has 0 bridgehead atoms. The lowest BCUT2D eigenvalue weighted by Gasteiger charge is -2.22. The minimum absolute atomic E-state index is 0.772. The number of benzene rings is 2. The summed E-state index contributed by atoms with van der Waals surface area (Å²) in [6.45, 7) is 2.03. The van der Waals surface area contributed by atoms with Crippen molar-refractivity contribution in [1.29, 1.82) is 0 Å². The quantitative estimate of drug-likeness (QED) is 0.839. The molecule has 0 amide bonds. The van der Waals surface area contributed by atoms with Gasteiger partial charge in [-0.25, -0.2) is 0 Å². The Morgan fingerprint density at radius 2 is 1.83 bits per heavy atom. The first-order chi connectivity index (χ1) is 8.63. The highest BCUT2D eigenvalue weighted by Crippen LogP contribution is 2.31. The van der Waals surface area contributed by atoms with Crippen molar-refractivity contribution in [2.24, 2.45) is 0 Å². The van der Waals surface area contributed by atoms with Gasteiger partial charge in [0.2, 0.25) is 0 Å². The molecule has 0 radical (unpaired) electrons. The highest BCUT2D eigenvalue weighted by molar-refractivity contribution is 5.74. The Labute approximate surface area is 108 Å². The molecule has 2 rings (SSSR count). The number of methoxy groups -OCH3 is 1. The Kier molecular flexibility index (Phi) is 3.42. The Morgan fingerprint density at radius 3 is 2.44 bits per heavy atom. The van der Waals surface area contributed by atoms with Gasteiger partial charge in [0.05, 0.1) is 18.5 Å². The summed E-state index contributed by atoms with van der Waals surface area (Å²) in [6, 6.07) is 13.9. The first-order valence-electron chi connectivity index (χ1n) is 5.86. The molecule has 2 N–H and O–H groups in total. The smallest absolute Gasteiger partial charge is 0.121 e. The number of nitrogens with zero attached hydrogens (tertiary/aromatic N) is 1. The first-order valence-corrected chi connectivity index (χ1v) is 5.86. The molecule has 0 aromatic heterocycles. The Morgan fingerprint density at radius 1 is 1.11 bits per heavy atom. The van der Waals surface area contributed by atoms with Crippen molar-refractivity contribution < 1.29 is 4.74 Å². The third-order valence-corrected chi connectivity index (χ3v) is 3.06. The number of para-hydroxylation sites is 2. The number of ether oxygens (including phenoxy) is 1. The molecule has 2 aromatic rings. The standard InChI is InChI=1S/C15H18N2O/c1-11-10-12(8-9-15(11)18-3)17(2)14-7-5-4-6-13(14)16/h4-10H,16H2,1-3H3. The maximum atomic E-state index is 5.99. The van der Waals surface area contributed by atoms with Crippen molar-refractivity contribution in [3.05, 3.63) is 48.0 Å². The van der Waals surface area contributed by atoms with E-state index < -0.39 is 0 Å². The fourth-order valence-corrected chi connectivity index (χ4v) is 2.00. The first kappa shape index (κ1) is 12.3. The maximum Gasteiger partial charge on any atom is 0.121 e. The lowest BCUT2D eigenvalue weighted by atomic mass is 10.1. The minimum Gasteiger partial charge on any atom is -0.496 e. The number of hydrogen-bond donors (Lipinski definition) is 1. The molecule has 94 valence electrons. The molecule has 0 saturated carbocycles. The van der Waals surface area contributed by atoms with Crippen LogP contribution in [-0.4, -0.2) is 14.2 Å². The van der Waals surface area contributed by atoms with Crippen LogP contribution >= 0.6 is 0 Å². The zero-order chi connectivity index (χ0) is 13.1. The largest absolute Gasteiger partial charge is 0.496 e. The van der Waals surface area contributed by atoms with Gasteiger partial charge >= 0.3 is 0 Å². The molecule has 0 saturated heterocycles. The van der Waals surface area contributed by atoms with Crippen LogP contribution in [-0.2, 0) is 0 Å². The average molecular weight is 242 g/mol. The van der Waals surface area contributed by atoms with Crippen LogP contribution < -0.4 is 15.4 Å². The second-order valence-electron chi connectivity index (χ2n) is 4.27. The van der Waals surface area contributed by atoms with Gasteiger partial charge in [0, 0.05) is 12.7 Å². The van der Waals surface area contributed by atoms with E-state index in [1.807, 2.05) is 50.4 Å². The van der Waals surface area contributed by atoms with E-state index in [2.05, 4.69) is 11.0 Å². The molecule has 0 aliphatic rings. The lowest BCUT2D eigenvalue weighted by Crippen LogP contribution is -2.11. The Bertz CT molecular complexity index is 552. The number of hydrogen-bond acceptors (Lipinski definition) is 3. The van der Waals surface area contributed by atoms with Gasteiger partial charge < -0.3 is 15.4 Å². The highest BCUT2D eigenvalue weighted by atomic mass is 16.5. The van der Waals surface area contributed by atoms with Crippen LogP contribution in [0.2, 0.25) is 0 Å². The van der Waals surface area contributed by atoms with Crippen molar-refractivity contribution in [3.8, 4) is 5.75 Å². The van der Waals surface area contributed by atoms with Gasteiger partial charge in [0.15, 0.2) is 0 Å². The number of aryl methyl sites for hydroxylation is 1. The van der Waals surface area contributed by atoms with Gasteiger partial charge in [-0.15, -0.1) is 0 Å². The molecule has 0 fully saturated rings. The summed E-state index contributed by atoms with van der Waals surface area (Å²) in [4.78, 5) is 2.07. The summed E-state index contributed by atoms with van der Waals surface area (Å²) in [6.07, 6.45) is 0. The number of nitrogens with two attached hydrogens (primary N) is 1. The molecule has 3 heteroatoms. The van der Waals surface area contributed by atoms with E-state index in [0.29, 0.717) is 0 Å². The molecule has 0 unspecified atom stereocenters. The number of anilines is 3. The summed E-state index contributed by atoms with van der Waals surface area (Å²) >= 11 is 0. The third kappa shape index (κ3) is 2.25. The number of nitrogen functional groups attached to an aromatic ring is 1. The van der Waals surface area contributed by atoms with Crippen LogP contribution in [0.1, 0.15) is 5.56 Å². The fraction of sp³-hybridized carbons (Fsp3) is 0.200. The van der Waals surface area contributed by atoms with Crippen LogP contribution in [0, 0.1) is 6.92 Å². The molecule has 0 aliphatic carbocycles. The lowest BCUT2D eigenvalue weighted by molar-refractivity contribution is 0.412. The molecule has 18 heavy (non-hydrogen) atoms. The van der Waals surface area contributed by atoms with Gasteiger partial charge in [-0.2, -0.15) is 0 Å². The zero-order valence-electron chi connectivity index (χ0n) is 11.0. The van der Waals surface area contributed by atoms with Crippen LogP contribution in [0.25, 0.3) is 0 Å². The molecule has 0 atom stereocenters. The van der Waals surface area contributed by atoms with Crippen molar-refractivity contribution in [1.82, 2.24) is 0 Å². The second-order valence-corrected chi connectivity index (χ2v) is 4.27. The van der Waals surface area contributed by atoms with E-state index in [0.717, 1.165) is 28.4 Å². The van der Waals surface area contributed by atoms with E-state index in [9.17, 15) is 0 Å². The van der Waals surface area contributed by atoms with Crippen molar-refractivity contribution >= 4 is 17.1 Å². The monoisotopic (exact) mass is 242 g/mol. The van der Waals surface area contributed by atoms with Crippen molar-refractivity contribution in [2.45, 2.75) is 6.92 Å². The van der Waals surface area contributed by atoms with Gasteiger partial charge in [-0.1, -0.05) is 12.1 Å². The van der Waals surface area contributed by atoms with E-state index in [4.69, 9.17) is 10.5 Å². The molecule has 2 aromatic carbocycles. The molecule has 0 aliphatic heterocycles. The van der Waals surface area contributed by atoms with Crippen molar-refractivity contribution in [3.63, 3.8) is 0 Å². The average Bonchev–Trinajstić information content (AvgIpc) is 2.38. The van der Waals surface area contributed by atoms with Crippen LogP contribution in [0.3, 0.4) is 0 Å². The van der Waals surface area contributed by atoms with Gasteiger partial charge in [0.25, 0.3) is 0 Å². The van der Waals surface area contributed by atoms with E-state index in [1.165, 1.54) is 0 Å². The Balaban J connectivity index is 2.37. The molecular weight excluding hydrogens is 224 g/mol. The summed E-state index contributed by atoms with van der Waals surface area (Å²) < 4.78 is 5.27. The van der Waals surface area contributed by atoms with E-state index in [1.54, 1.807) is 7.11 Å². The molecular formula is C15H18N2O. The number of rotatable bonds is 3. The van der Waals surface area contributed by atoms with Crippen LogP contribution in [0.15, 0.2) is 42.5 Å². The summed E-state index contributed by atoms with van der Waals surface area (Å²) in [5, 5.41) is 0. The summed E-state index contributed by atoms with van der Waals surface area (Å²) in [5.74, 6) is 0.896. The predicted molar refractivity (Wildman–Crippen MR) is 76.6 cm³/mol. The second kappa shape index (κ2) is 5.00.